The molecule has 3 N–H and O–H groups in total. The molecule has 0 aliphatic rings. The van der Waals surface area contributed by atoms with Crippen LogP contribution < -0.4 is 5.73 Å². The summed E-state index contributed by atoms with van der Waals surface area (Å²) in [5.74, 6) is -0.853. The minimum atomic E-state index is -0.853. The van der Waals surface area contributed by atoms with Crippen LogP contribution in [0, 0.1) is 0 Å². The number of carboxylic acid groups (broad SMARTS) is 1. The zero-order chi connectivity index (χ0) is 13.7. The van der Waals surface area contributed by atoms with Crippen molar-refractivity contribution in [1.82, 2.24) is 0 Å². The lowest BCUT2D eigenvalue weighted by Crippen LogP contribution is -2.26. The summed E-state index contributed by atoms with van der Waals surface area (Å²) in [6.07, 6.45) is 0.585. The first-order valence-electron chi connectivity index (χ1n) is 6.27. The van der Waals surface area contributed by atoms with Gasteiger partial charge in [-0.25, -0.2) is 0 Å². The first kappa shape index (κ1) is 13.3. The standard InChI is InChI=1S/C16H17NO2/c17-15(11-16(18)19)10-12-6-8-14(9-7-12)13-4-2-1-3-5-13/h1-9,15H,10-11,17H2,(H,18,19)/t15-/m0/s1. The minimum absolute atomic E-state index is 0.000433. The summed E-state index contributed by atoms with van der Waals surface area (Å²) in [5, 5.41) is 8.67. The van der Waals surface area contributed by atoms with E-state index in [0.29, 0.717) is 6.42 Å². The van der Waals surface area contributed by atoms with E-state index in [1.807, 2.05) is 42.5 Å². The summed E-state index contributed by atoms with van der Waals surface area (Å²) in [4.78, 5) is 10.6. The molecule has 0 fully saturated rings. The third-order valence-corrected chi connectivity index (χ3v) is 3.00. The van der Waals surface area contributed by atoms with E-state index in [1.54, 1.807) is 0 Å². The number of carboxylic acids is 1. The molecule has 0 saturated carbocycles. The molecule has 0 aliphatic heterocycles. The van der Waals surface area contributed by atoms with Crippen LogP contribution in [0.4, 0.5) is 0 Å². The Morgan fingerprint density at radius 3 is 2.16 bits per heavy atom. The van der Waals surface area contributed by atoms with Crippen molar-refractivity contribution in [2.24, 2.45) is 5.73 Å². The Labute approximate surface area is 112 Å². The molecule has 2 aromatic rings. The lowest BCUT2D eigenvalue weighted by atomic mass is 10.00. The average molecular weight is 255 g/mol. The van der Waals surface area contributed by atoms with Crippen molar-refractivity contribution >= 4 is 5.97 Å². The van der Waals surface area contributed by atoms with E-state index in [-0.39, 0.29) is 12.5 Å². The third kappa shape index (κ3) is 3.93. The summed E-state index contributed by atoms with van der Waals surface area (Å²) in [5.41, 5.74) is 9.16. The second kappa shape index (κ2) is 6.16. The summed E-state index contributed by atoms with van der Waals surface area (Å²) in [7, 11) is 0. The van der Waals surface area contributed by atoms with Crippen molar-refractivity contribution in [3.8, 4) is 11.1 Å². The van der Waals surface area contributed by atoms with Crippen LogP contribution in [0.25, 0.3) is 11.1 Å². The number of hydrogen-bond donors (Lipinski definition) is 2. The number of benzene rings is 2. The predicted octanol–water partition coefficient (Wildman–Crippen LogP) is 2.70. The fourth-order valence-corrected chi connectivity index (χ4v) is 2.06. The summed E-state index contributed by atoms with van der Waals surface area (Å²) < 4.78 is 0. The molecular formula is C16H17NO2. The maximum Gasteiger partial charge on any atom is 0.304 e. The van der Waals surface area contributed by atoms with Crippen molar-refractivity contribution in [1.29, 1.82) is 0 Å². The highest BCUT2D eigenvalue weighted by Crippen LogP contribution is 2.19. The number of carbonyl (C=O) groups is 1. The Hall–Kier alpha value is -2.13. The van der Waals surface area contributed by atoms with Gasteiger partial charge < -0.3 is 10.8 Å². The molecule has 0 aliphatic carbocycles. The average Bonchev–Trinajstić information content (AvgIpc) is 2.39. The van der Waals surface area contributed by atoms with Gasteiger partial charge in [-0.15, -0.1) is 0 Å². The Morgan fingerprint density at radius 2 is 1.58 bits per heavy atom. The molecule has 3 heteroatoms. The van der Waals surface area contributed by atoms with Crippen LogP contribution in [0.3, 0.4) is 0 Å². The van der Waals surface area contributed by atoms with Crippen molar-refractivity contribution < 1.29 is 9.90 Å². The minimum Gasteiger partial charge on any atom is -0.481 e. The molecule has 0 aromatic heterocycles. The number of aliphatic carboxylic acids is 1. The predicted molar refractivity (Wildman–Crippen MR) is 75.8 cm³/mol. The van der Waals surface area contributed by atoms with Gasteiger partial charge in [0.15, 0.2) is 0 Å². The quantitative estimate of drug-likeness (QED) is 0.863. The van der Waals surface area contributed by atoms with Crippen LogP contribution in [0.2, 0.25) is 0 Å². The van der Waals surface area contributed by atoms with Crippen molar-refractivity contribution in [3.63, 3.8) is 0 Å². The lowest BCUT2D eigenvalue weighted by Gasteiger charge is -2.09. The zero-order valence-electron chi connectivity index (χ0n) is 10.6. The van der Waals surface area contributed by atoms with Crippen LogP contribution in [0.1, 0.15) is 12.0 Å². The Morgan fingerprint density at radius 1 is 1.00 bits per heavy atom. The van der Waals surface area contributed by atoms with Gasteiger partial charge in [-0.1, -0.05) is 54.6 Å². The molecule has 1 atom stereocenters. The first-order chi connectivity index (χ1) is 9.15. The zero-order valence-corrected chi connectivity index (χ0v) is 10.6. The topological polar surface area (TPSA) is 63.3 Å². The smallest absolute Gasteiger partial charge is 0.304 e. The van der Waals surface area contributed by atoms with Crippen LogP contribution in [0.15, 0.2) is 54.6 Å². The highest BCUT2D eigenvalue weighted by Gasteiger charge is 2.08. The molecule has 3 nitrogen and oxygen atoms in total. The van der Waals surface area contributed by atoms with Gasteiger partial charge in [0.25, 0.3) is 0 Å². The van der Waals surface area contributed by atoms with E-state index in [0.717, 1.165) is 11.1 Å². The van der Waals surface area contributed by atoms with E-state index < -0.39 is 5.97 Å². The molecule has 2 rings (SSSR count). The summed E-state index contributed by atoms with van der Waals surface area (Å²) in [6.45, 7) is 0. The monoisotopic (exact) mass is 255 g/mol. The number of hydrogen-bond acceptors (Lipinski definition) is 2. The van der Waals surface area contributed by atoms with Crippen LogP contribution in [0.5, 0.6) is 0 Å². The van der Waals surface area contributed by atoms with Gasteiger partial charge in [0.2, 0.25) is 0 Å². The maximum absolute atomic E-state index is 10.6. The molecule has 0 heterocycles. The van der Waals surface area contributed by atoms with Crippen molar-refractivity contribution in [2.75, 3.05) is 0 Å². The fourth-order valence-electron chi connectivity index (χ4n) is 2.06. The van der Waals surface area contributed by atoms with Gasteiger partial charge in [-0.3, -0.25) is 4.79 Å². The van der Waals surface area contributed by atoms with Gasteiger partial charge in [0.1, 0.15) is 0 Å². The van der Waals surface area contributed by atoms with Gasteiger partial charge >= 0.3 is 5.97 Å². The van der Waals surface area contributed by atoms with E-state index in [9.17, 15) is 4.79 Å². The largest absolute Gasteiger partial charge is 0.481 e. The van der Waals surface area contributed by atoms with Crippen LogP contribution >= 0.6 is 0 Å². The van der Waals surface area contributed by atoms with E-state index in [1.165, 1.54) is 5.56 Å². The lowest BCUT2D eigenvalue weighted by molar-refractivity contribution is -0.137. The van der Waals surface area contributed by atoms with Crippen LogP contribution in [-0.2, 0) is 11.2 Å². The van der Waals surface area contributed by atoms with Crippen molar-refractivity contribution in [3.05, 3.63) is 60.2 Å². The first-order valence-corrected chi connectivity index (χ1v) is 6.27. The molecule has 0 bridgehead atoms. The highest BCUT2D eigenvalue weighted by atomic mass is 16.4. The van der Waals surface area contributed by atoms with Gasteiger partial charge in [0, 0.05) is 6.04 Å². The molecule has 0 spiro atoms. The Balaban J connectivity index is 2.05. The van der Waals surface area contributed by atoms with Gasteiger partial charge in [-0.05, 0) is 23.1 Å². The van der Waals surface area contributed by atoms with E-state index >= 15 is 0 Å². The SMILES string of the molecule is N[C@H](CC(=O)O)Cc1ccc(-c2ccccc2)cc1. The second-order valence-electron chi connectivity index (χ2n) is 4.63. The highest BCUT2D eigenvalue weighted by molar-refractivity contribution is 5.67. The number of rotatable bonds is 5. The van der Waals surface area contributed by atoms with Gasteiger partial charge in [0.05, 0.1) is 6.42 Å². The summed E-state index contributed by atoms with van der Waals surface area (Å²) >= 11 is 0. The molecule has 98 valence electrons. The summed E-state index contributed by atoms with van der Waals surface area (Å²) in [6, 6.07) is 17.9. The fraction of sp³-hybridized carbons (Fsp3) is 0.188. The Bertz CT molecular complexity index is 534. The second-order valence-corrected chi connectivity index (χ2v) is 4.63. The van der Waals surface area contributed by atoms with Gasteiger partial charge in [-0.2, -0.15) is 0 Å². The number of nitrogens with two attached hydrogens (primary N) is 1. The van der Waals surface area contributed by atoms with Crippen LogP contribution in [-0.4, -0.2) is 17.1 Å². The molecule has 0 saturated heterocycles. The molecule has 0 amide bonds. The third-order valence-electron chi connectivity index (χ3n) is 3.00. The maximum atomic E-state index is 10.6. The van der Waals surface area contributed by atoms with E-state index in [2.05, 4.69) is 12.1 Å². The molecule has 0 unspecified atom stereocenters. The Kier molecular flexibility index (Phi) is 4.31. The van der Waals surface area contributed by atoms with Crippen molar-refractivity contribution in [2.45, 2.75) is 18.9 Å². The molecule has 2 aromatic carbocycles. The normalized spacial score (nSPS) is 12.1. The molecule has 19 heavy (non-hydrogen) atoms. The molecule has 0 radical (unpaired) electrons. The molecular weight excluding hydrogens is 238 g/mol. The van der Waals surface area contributed by atoms with E-state index in [4.69, 9.17) is 10.8 Å².